The first kappa shape index (κ1) is 24.2. The third-order valence-electron chi connectivity index (χ3n) is 7.71. The lowest BCUT2D eigenvalue weighted by Gasteiger charge is -2.56. The Hall–Kier alpha value is -3.50. The van der Waals surface area contributed by atoms with Crippen LogP contribution in [0.2, 0.25) is 0 Å². The summed E-state index contributed by atoms with van der Waals surface area (Å²) < 4.78 is 13.9. The Labute approximate surface area is 213 Å². The molecule has 1 heterocycles. The maximum absolute atomic E-state index is 13.9. The third-order valence-corrected chi connectivity index (χ3v) is 8.77. The van der Waals surface area contributed by atoms with E-state index in [2.05, 4.69) is 5.32 Å². The lowest BCUT2D eigenvalue weighted by molar-refractivity contribution is -0.155. The summed E-state index contributed by atoms with van der Waals surface area (Å²) in [6.07, 6.45) is 3.77. The second-order valence-corrected chi connectivity index (χ2v) is 11.7. The zero-order valence-electron chi connectivity index (χ0n) is 20.2. The summed E-state index contributed by atoms with van der Waals surface area (Å²) in [6, 6.07) is 14.2. The highest BCUT2D eigenvalue weighted by molar-refractivity contribution is 7.12. The molecule has 1 spiro atoms. The van der Waals surface area contributed by atoms with Gasteiger partial charge in [-0.05, 0) is 91.8 Å². The van der Waals surface area contributed by atoms with Crippen LogP contribution in [0.15, 0.2) is 42.5 Å². The SMILES string of the molecule is Cc1sc(C)c(C(=O)NC2CC3(C2)CC(C(=O)O)C3)c1Cc1ccc(-c2cc(F)cc(C#N)c2)cc1. The number of rotatable bonds is 6. The summed E-state index contributed by atoms with van der Waals surface area (Å²) in [7, 11) is 0. The average Bonchev–Trinajstić information content (AvgIpc) is 3.06. The van der Waals surface area contributed by atoms with Gasteiger partial charge in [-0.1, -0.05) is 24.3 Å². The predicted octanol–water partition coefficient (Wildman–Crippen LogP) is 6.01. The van der Waals surface area contributed by atoms with Crippen LogP contribution in [0.25, 0.3) is 11.1 Å². The van der Waals surface area contributed by atoms with Crippen molar-refractivity contribution in [3.05, 3.63) is 80.3 Å². The number of aliphatic carboxylic acids is 1. The van der Waals surface area contributed by atoms with Crippen molar-refractivity contribution in [2.24, 2.45) is 11.3 Å². The largest absolute Gasteiger partial charge is 0.481 e. The molecule has 5 rings (SSSR count). The molecule has 0 radical (unpaired) electrons. The van der Waals surface area contributed by atoms with Crippen LogP contribution >= 0.6 is 11.3 Å². The van der Waals surface area contributed by atoms with Crippen molar-refractivity contribution in [2.45, 2.75) is 52.0 Å². The van der Waals surface area contributed by atoms with E-state index in [9.17, 15) is 14.0 Å². The van der Waals surface area contributed by atoms with E-state index >= 15 is 0 Å². The fourth-order valence-corrected chi connectivity index (χ4v) is 6.99. The van der Waals surface area contributed by atoms with E-state index in [0.29, 0.717) is 12.0 Å². The second-order valence-electron chi connectivity index (χ2n) is 10.3. The van der Waals surface area contributed by atoms with Crippen molar-refractivity contribution in [1.29, 1.82) is 5.26 Å². The van der Waals surface area contributed by atoms with Crippen LogP contribution in [0.5, 0.6) is 0 Å². The molecule has 2 aliphatic rings. The number of nitrogens with one attached hydrogen (secondary N) is 1. The number of carboxylic acid groups (broad SMARTS) is 1. The summed E-state index contributed by atoms with van der Waals surface area (Å²) in [5.74, 6) is -1.43. The summed E-state index contributed by atoms with van der Waals surface area (Å²) >= 11 is 1.62. The number of aryl methyl sites for hydroxylation is 2. The minimum Gasteiger partial charge on any atom is -0.481 e. The molecule has 2 aromatic carbocycles. The standard InChI is InChI=1S/C29H27FN2O3S/c1-16-25(9-18-3-5-20(6-4-18)21-7-19(15-31)8-23(30)10-21)26(17(2)36-16)27(33)32-24-13-29(14-24)11-22(12-29)28(34)35/h3-8,10,22,24H,9,11-14H2,1-2H3,(H,32,33)(H,34,35). The molecule has 36 heavy (non-hydrogen) atoms. The Kier molecular flexibility index (Phi) is 6.17. The number of hydrogen-bond acceptors (Lipinski definition) is 4. The van der Waals surface area contributed by atoms with Crippen molar-refractivity contribution in [3.8, 4) is 17.2 Å². The van der Waals surface area contributed by atoms with E-state index in [4.69, 9.17) is 10.4 Å². The van der Waals surface area contributed by atoms with Crippen LogP contribution in [-0.2, 0) is 11.2 Å². The minimum absolute atomic E-state index is 0.0544. The second kappa shape index (κ2) is 9.18. The van der Waals surface area contributed by atoms with Gasteiger partial charge in [-0.3, -0.25) is 9.59 Å². The number of thiophene rings is 1. The molecule has 5 nitrogen and oxygen atoms in total. The number of nitrogens with zero attached hydrogens (tertiary/aromatic N) is 1. The van der Waals surface area contributed by atoms with Crippen LogP contribution in [-0.4, -0.2) is 23.0 Å². The van der Waals surface area contributed by atoms with Gasteiger partial charge in [0.05, 0.1) is 23.1 Å². The Morgan fingerprint density at radius 2 is 1.78 bits per heavy atom. The van der Waals surface area contributed by atoms with Crippen molar-refractivity contribution < 1.29 is 19.1 Å². The topological polar surface area (TPSA) is 90.2 Å². The van der Waals surface area contributed by atoms with Gasteiger partial charge in [-0.2, -0.15) is 5.26 Å². The van der Waals surface area contributed by atoms with E-state index in [-0.39, 0.29) is 28.8 Å². The normalized spacial score (nSPS) is 22.4. The van der Waals surface area contributed by atoms with Crippen LogP contribution in [0.1, 0.15) is 62.5 Å². The molecule has 2 N–H and O–H groups in total. The van der Waals surface area contributed by atoms with Gasteiger partial charge >= 0.3 is 5.97 Å². The highest BCUT2D eigenvalue weighted by Crippen LogP contribution is 2.58. The zero-order chi connectivity index (χ0) is 25.6. The van der Waals surface area contributed by atoms with Crippen molar-refractivity contribution in [1.82, 2.24) is 5.32 Å². The fourth-order valence-electron chi connectivity index (χ4n) is 5.92. The first-order chi connectivity index (χ1) is 17.2. The number of halogens is 1. The molecule has 2 aliphatic carbocycles. The molecule has 7 heteroatoms. The van der Waals surface area contributed by atoms with Gasteiger partial charge in [0, 0.05) is 15.8 Å². The lowest BCUT2D eigenvalue weighted by Crippen LogP contribution is -2.57. The highest BCUT2D eigenvalue weighted by Gasteiger charge is 2.55. The smallest absolute Gasteiger partial charge is 0.306 e. The van der Waals surface area contributed by atoms with Gasteiger partial charge in [0.1, 0.15) is 5.82 Å². The number of carboxylic acids is 1. The van der Waals surface area contributed by atoms with E-state index in [1.54, 1.807) is 17.4 Å². The van der Waals surface area contributed by atoms with Gasteiger partial charge < -0.3 is 10.4 Å². The first-order valence-corrected chi connectivity index (χ1v) is 12.9. The Morgan fingerprint density at radius 3 is 2.42 bits per heavy atom. The summed E-state index contributed by atoms with van der Waals surface area (Å²) in [5, 5.41) is 21.4. The summed E-state index contributed by atoms with van der Waals surface area (Å²) in [5.41, 5.74) is 4.67. The monoisotopic (exact) mass is 502 g/mol. The molecule has 2 fully saturated rings. The Balaban J connectivity index is 1.27. The quantitative estimate of drug-likeness (QED) is 0.432. The molecule has 3 aromatic rings. The summed E-state index contributed by atoms with van der Waals surface area (Å²) in [4.78, 5) is 26.5. The van der Waals surface area contributed by atoms with Crippen LogP contribution in [0.3, 0.4) is 0 Å². The molecule has 0 aliphatic heterocycles. The molecular weight excluding hydrogens is 475 g/mol. The molecule has 2 saturated carbocycles. The molecule has 1 amide bonds. The number of amides is 1. The highest BCUT2D eigenvalue weighted by atomic mass is 32.1. The van der Waals surface area contributed by atoms with Gasteiger partial charge in [-0.25, -0.2) is 4.39 Å². The van der Waals surface area contributed by atoms with E-state index < -0.39 is 11.8 Å². The number of hydrogen-bond donors (Lipinski definition) is 2. The van der Waals surface area contributed by atoms with Crippen molar-refractivity contribution in [2.75, 3.05) is 0 Å². The van der Waals surface area contributed by atoms with E-state index in [1.165, 1.54) is 12.1 Å². The molecule has 0 bridgehead atoms. The van der Waals surface area contributed by atoms with Gasteiger partial charge in [0.2, 0.25) is 0 Å². The maximum Gasteiger partial charge on any atom is 0.306 e. The molecule has 0 saturated heterocycles. The molecule has 0 atom stereocenters. The average molecular weight is 503 g/mol. The van der Waals surface area contributed by atoms with Gasteiger partial charge in [-0.15, -0.1) is 11.3 Å². The van der Waals surface area contributed by atoms with Crippen molar-refractivity contribution >= 4 is 23.2 Å². The lowest BCUT2D eigenvalue weighted by atomic mass is 9.50. The number of benzene rings is 2. The molecule has 0 unspecified atom stereocenters. The fraction of sp³-hybridized carbons (Fsp3) is 0.345. The summed E-state index contributed by atoms with van der Waals surface area (Å²) in [6.45, 7) is 4.01. The van der Waals surface area contributed by atoms with E-state index in [1.807, 2.05) is 44.2 Å². The van der Waals surface area contributed by atoms with Crippen LogP contribution in [0.4, 0.5) is 4.39 Å². The third kappa shape index (κ3) is 4.54. The first-order valence-electron chi connectivity index (χ1n) is 12.1. The zero-order valence-corrected chi connectivity index (χ0v) is 21.0. The Morgan fingerprint density at radius 1 is 1.08 bits per heavy atom. The van der Waals surface area contributed by atoms with Gasteiger partial charge in [0.25, 0.3) is 5.91 Å². The van der Waals surface area contributed by atoms with Gasteiger partial charge in [0.15, 0.2) is 0 Å². The predicted molar refractivity (Wildman–Crippen MR) is 136 cm³/mol. The minimum atomic E-state index is -0.710. The number of carbonyl (C=O) groups is 2. The number of carbonyl (C=O) groups excluding carboxylic acids is 1. The van der Waals surface area contributed by atoms with Crippen molar-refractivity contribution in [3.63, 3.8) is 0 Å². The molecular formula is C29H27FN2O3S. The Bertz CT molecular complexity index is 1390. The molecule has 1 aromatic heterocycles. The maximum atomic E-state index is 13.9. The van der Waals surface area contributed by atoms with Crippen LogP contribution < -0.4 is 5.32 Å². The van der Waals surface area contributed by atoms with E-state index in [0.717, 1.165) is 57.7 Å². The molecule has 184 valence electrons. The van der Waals surface area contributed by atoms with Crippen LogP contribution in [0, 0.1) is 42.3 Å². The number of nitriles is 1.